The largest absolute Gasteiger partial charge is 0.468 e. The van der Waals surface area contributed by atoms with Gasteiger partial charge in [0.25, 0.3) is 0 Å². The second-order valence-electron chi connectivity index (χ2n) is 6.78. The lowest BCUT2D eigenvalue weighted by atomic mass is 9.87. The number of methoxy groups -OCH3 is 1. The van der Waals surface area contributed by atoms with Gasteiger partial charge in [0.1, 0.15) is 5.54 Å². The van der Waals surface area contributed by atoms with Crippen molar-refractivity contribution < 1.29 is 14.3 Å². The van der Waals surface area contributed by atoms with Crippen molar-refractivity contribution in [3.05, 3.63) is 0 Å². The molecule has 0 aromatic carbocycles. The molecule has 0 heterocycles. The van der Waals surface area contributed by atoms with Gasteiger partial charge in [-0.05, 0) is 50.5 Å². The Bertz CT molecular complexity index is 343. The minimum Gasteiger partial charge on any atom is -0.468 e. The third kappa shape index (κ3) is 3.98. The van der Waals surface area contributed by atoms with E-state index in [2.05, 4.69) is 19.2 Å². The number of rotatable bonds is 8. The summed E-state index contributed by atoms with van der Waals surface area (Å²) in [4.78, 5) is 12.4. The smallest absolute Gasteiger partial charge is 0.328 e. The first-order chi connectivity index (χ1) is 10.1. The van der Waals surface area contributed by atoms with Gasteiger partial charge in [-0.2, -0.15) is 0 Å². The van der Waals surface area contributed by atoms with Crippen LogP contribution < -0.4 is 5.32 Å². The van der Waals surface area contributed by atoms with Crippen molar-refractivity contribution in [2.24, 2.45) is 11.8 Å². The zero-order valence-electron chi connectivity index (χ0n) is 13.8. The number of hydrogen-bond donors (Lipinski definition) is 1. The summed E-state index contributed by atoms with van der Waals surface area (Å²) in [5, 5.41) is 3.45. The maximum absolute atomic E-state index is 12.4. The normalized spacial score (nSPS) is 28.9. The molecule has 0 amide bonds. The topological polar surface area (TPSA) is 47.6 Å². The van der Waals surface area contributed by atoms with Crippen LogP contribution in [0, 0.1) is 11.8 Å². The van der Waals surface area contributed by atoms with Gasteiger partial charge in [0.2, 0.25) is 0 Å². The molecule has 2 rings (SSSR count). The number of ether oxygens (including phenoxy) is 2. The molecule has 1 N–H and O–H groups in total. The highest BCUT2D eigenvalue weighted by molar-refractivity contribution is 5.82. The van der Waals surface area contributed by atoms with Crippen molar-refractivity contribution in [3.63, 3.8) is 0 Å². The maximum atomic E-state index is 12.4. The van der Waals surface area contributed by atoms with E-state index >= 15 is 0 Å². The van der Waals surface area contributed by atoms with Gasteiger partial charge in [-0.1, -0.05) is 26.7 Å². The molecule has 2 aliphatic carbocycles. The first-order valence-electron chi connectivity index (χ1n) is 8.59. The summed E-state index contributed by atoms with van der Waals surface area (Å²) in [5.74, 6) is 0.816. The van der Waals surface area contributed by atoms with Gasteiger partial charge >= 0.3 is 5.97 Å². The molecule has 2 fully saturated rings. The minimum absolute atomic E-state index is 0.151. The third-order valence-corrected chi connectivity index (χ3v) is 5.07. The molecule has 0 spiro atoms. The first kappa shape index (κ1) is 16.8. The molecule has 4 heteroatoms. The van der Waals surface area contributed by atoms with E-state index in [0.29, 0.717) is 24.5 Å². The van der Waals surface area contributed by atoms with Gasteiger partial charge in [0.05, 0.1) is 19.8 Å². The fourth-order valence-corrected chi connectivity index (χ4v) is 3.49. The fraction of sp³-hybridized carbons (Fsp3) is 0.941. The molecule has 2 saturated carbocycles. The predicted molar refractivity (Wildman–Crippen MR) is 83.1 cm³/mol. The molecule has 0 aromatic heterocycles. The van der Waals surface area contributed by atoms with E-state index in [0.717, 1.165) is 32.2 Å². The van der Waals surface area contributed by atoms with Crippen molar-refractivity contribution >= 4 is 5.97 Å². The van der Waals surface area contributed by atoms with Gasteiger partial charge < -0.3 is 9.47 Å². The zero-order valence-corrected chi connectivity index (χ0v) is 13.8. The summed E-state index contributed by atoms with van der Waals surface area (Å²) in [6.07, 6.45) is 8.39. The average molecular weight is 297 g/mol. The number of carbonyl (C=O) groups excluding carboxylic acids is 1. The van der Waals surface area contributed by atoms with Crippen molar-refractivity contribution in [1.82, 2.24) is 5.32 Å². The lowest BCUT2D eigenvalue weighted by molar-refractivity contribution is -0.155. The minimum atomic E-state index is -0.623. The zero-order chi connectivity index (χ0) is 15.3. The van der Waals surface area contributed by atoms with Gasteiger partial charge in [-0.3, -0.25) is 5.32 Å². The molecule has 122 valence electrons. The molecule has 0 aromatic rings. The van der Waals surface area contributed by atoms with Crippen LogP contribution >= 0.6 is 0 Å². The van der Waals surface area contributed by atoms with E-state index in [1.807, 2.05) is 0 Å². The summed E-state index contributed by atoms with van der Waals surface area (Å²) in [6, 6.07) is 0. The molecular weight excluding hydrogens is 266 g/mol. The van der Waals surface area contributed by atoms with Crippen molar-refractivity contribution in [2.45, 2.75) is 70.4 Å². The molecule has 2 aliphatic rings. The average Bonchev–Trinajstić information content (AvgIpc) is 3.34. The highest BCUT2D eigenvalue weighted by Crippen LogP contribution is 2.41. The Kier molecular flexibility index (Phi) is 6.06. The van der Waals surface area contributed by atoms with E-state index in [9.17, 15) is 4.79 Å². The van der Waals surface area contributed by atoms with Gasteiger partial charge in [-0.15, -0.1) is 0 Å². The fourth-order valence-electron chi connectivity index (χ4n) is 3.49. The molecular formula is C17H31NO3. The SMILES string of the molecule is CCCNC(COC1CCCCC1C)(C(=O)OC)C1CC1. The molecule has 4 nitrogen and oxygen atoms in total. The van der Waals surface area contributed by atoms with Gasteiger partial charge in [0, 0.05) is 0 Å². The number of nitrogens with one attached hydrogen (secondary N) is 1. The van der Waals surface area contributed by atoms with Crippen LogP contribution in [-0.4, -0.2) is 37.9 Å². The monoisotopic (exact) mass is 297 g/mol. The quantitative estimate of drug-likeness (QED) is 0.700. The van der Waals surface area contributed by atoms with Crippen LogP contribution in [0.25, 0.3) is 0 Å². The van der Waals surface area contributed by atoms with Gasteiger partial charge in [-0.25, -0.2) is 4.79 Å². The van der Waals surface area contributed by atoms with Crippen molar-refractivity contribution in [2.75, 3.05) is 20.3 Å². The number of hydrogen-bond acceptors (Lipinski definition) is 4. The second-order valence-corrected chi connectivity index (χ2v) is 6.78. The molecule has 0 aliphatic heterocycles. The summed E-state index contributed by atoms with van der Waals surface area (Å²) in [6.45, 7) is 5.67. The number of carbonyl (C=O) groups is 1. The van der Waals surface area contributed by atoms with Gasteiger partial charge in [0.15, 0.2) is 0 Å². The number of esters is 1. The maximum Gasteiger partial charge on any atom is 0.328 e. The molecule has 0 radical (unpaired) electrons. The Morgan fingerprint density at radius 2 is 1.95 bits per heavy atom. The van der Waals surface area contributed by atoms with Crippen LogP contribution in [0.3, 0.4) is 0 Å². The third-order valence-electron chi connectivity index (χ3n) is 5.07. The van der Waals surface area contributed by atoms with E-state index in [4.69, 9.17) is 9.47 Å². The van der Waals surface area contributed by atoms with Crippen LogP contribution in [0.4, 0.5) is 0 Å². The summed E-state index contributed by atoms with van der Waals surface area (Å²) < 4.78 is 11.3. The van der Waals surface area contributed by atoms with Crippen LogP contribution in [0.2, 0.25) is 0 Å². The Hall–Kier alpha value is -0.610. The molecule has 3 unspecified atom stereocenters. The van der Waals surface area contributed by atoms with E-state index in [1.165, 1.54) is 26.4 Å². The van der Waals surface area contributed by atoms with Crippen LogP contribution in [-0.2, 0) is 14.3 Å². The Morgan fingerprint density at radius 1 is 1.24 bits per heavy atom. The predicted octanol–water partition coefficient (Wildman–Crippen LogP) is 2.90. The van der Waals surface area contributed by atoms with E-state index < -0.39 is 5.54 Å². The van der Waals surface area contributed by atoms with Crippen molar-refractivity contribution in [1.29, 1.82) is 0 Å². The lowest BCUT2D eigenvalue weighted by Crippen LogP contribution is -2.59. The highest BCUT2D eigenvalue weighted by atomic mass is 16.5. The molecule has 0 bridgehead atoms. The first-order valence-corrected chi connectivity index (χ1v) is 8.59. The Balaban J connectivity index is 2.01. The lowest BCUT2D eigenvalue weighted by Gasteiger charge is -2.36. The Morgan fingerprint density at radius 3 is 2.52 bits per heavy atom. The highest BCUT2D eigenvalue weighted by Gasteiger charge is 2.52. The summed E-state index contributed by atoms with van der Waals surface area (Å²) in [7, 11) is 1.48. The van der Waals surface area contributed by atoms with Crippen LogP contribution in [0.1, 0.15) is 58.8 Å². The van der Waals surface area contributed by atoms with Crippen molar-refractivity contribution in [3.8, 4) is 0 Å². The van der Waals surface area contributed by atoms with Crippen LogP contribution in [0.15, 0.2) is 0 Å². The molecule has 3 atom stereocenters. The molecule has 21 heavy (non-hydrogen) atoms. The summed E-state index contributed by atoms with van der Waals surface area (Å²) in [5.41, 5.74) is -0.623. The van der Waals surface area contributed by atoms with E-state index in [1.54, 1.807) is 0 Å². The Labute approximate surface area is 129 Å². The van der Waals surface area contributed by atoms with Crippen LogP contribution in [0.5, 0.6) is 0 Å². The van der Waals surface area contributed by atoms with E-state index in [-0.39, 0.29) is 5.97 Å². The second kappa shape index (κ2) is 7.59. The standard InChI is InChI=1S/C17H31NO3/c1-4-11-18-17(14-9-10-14,16(19)20-3)12-21-15-8-6-5-7-13(15)2/h13-15,18H,4-12H2,1-3H3. The summed E-state index contributed by atoms with van der Waals surface area (Å²) >= 11 is 0. The molecule has 0 saturated heterocycles.